The monoisotopic (exact) mass is 371 g/mol. The standard InChI is InChI=1S/C16H12Cl3NO3/c17-11-6-4-10(5-7-11)8-15(22)23-9-14(21)20-16-12(18)2-1-3-13(16)19/h1-7H,8-9H2,(H,20,21). The van der Waals surface area contributed by atoms with Crippen molar-refractivity contribution in [1.29, 1.82) is 0 Å². The van der Waals surface area contributed by atoms with Crippen LogP contribution in [0.15, 0.2) is 42.5 Å². The summed E-state index contributed by atoms with van der Waals surface area (Å²) in [7, 11) is 0. The van der Waals surface area contributed by atoms with E-state index < -0.39 is 18.5 Å². The van der Waals surface area contributed by atoms with Crippen LogP contribution in [0.5, 0.6) is 0 Å². The molecule has 0 aliphatic rings. The maximum absolute atomic E-state index is 11.8. The molecule has 0 saturated carbocycles. The van der Waals surface area contributed by atoms with Crippen LogP contribution in [0.1, 0.15) is 5.56 Å². The molecule has 7 heteroatoms. The van der Waals surface area contributed by atoms with Crippen molar-refractivity contribution >= 4 is 52.4 Å². The van der Waals surface area contributed by atoms with Crippen LogP contribution in [0.2, 0.25) is 15.1 Å². The normalized spacial score (nSPS) is 10.2. The van der Waals surface area contributed by atoms with Crippen molar-refractivity contribution in [3.63, 3.8) is 0 Å². The molecule has 2 rings (SSSR count). The third-order valence-corrected chi connectivity index (χ3v) is 3.74. The SMILES string of the molecule is O=C(COC(=O)Cc1ccc(Cl)cc1)Nc1c(Cl)cccc1Cl. The van der Waals surface area contributed by atoms with Crippen LogP contribution in [0.25, 0.3) is 0 Å². The predicted octanol–water partition coefficient (Wildman–Crippen LogP) is 4.37. The summed E-state index contributed by atoms with van der Waals surface area (Å²) >= 11 is 17.6. The fourth-order valence-corrected chi connectivity index (χ4v) is 2.38. The molecule has 0 spiro atoms. The van der Waals surface area contributed by atoms with E-state index in [0.717, 1.165) is 5.56 Å². The third kappa shape index (κ3) is 5.43. The van der Waals surface area contributed by atoms with Crippen molar-refractivity contribution in [3.8, 4) is 0 Å². The van der Waals surface area contributed by atoms with Crippen molar-refractivity contribution in [1.82, 2.24) is 0 Å². The maximum atomic E-state index is 11.8. The van der Waals surface area contributed by atoms with Gasteiger partial charge in [0, 0.05) is 5.02 Å². The zero-order valence-electron chi connectivity index (χ0n) is 11.8. The van der Waals surface area contributed by atoms with Gasteiger partial charge in [0.2, 0.25) is 0 Å². The van der Waals surface area contributed by atoms with E-state index >= 15 is 0 Å². The van der Waals surface area contributed by atoms with Crippen LogP contribution < -0.4 is 5.32 Å². The molecule has 1 N–H and O–H groups in total. The van der Waals surface area contributed by atoms with E-state index in [1.165, 1.54) is 0 Å². The Morgan fingerprint density at radius 3 is 2.17 bits per heavy atom. The molecule has 120 valence electrons. The molecule has 0 aliphatic carbocycles. The van der Waals surface area contributed by atoms with Gasteiger partial charge in [0.05, 0.1) is 22.2 Å². The lowest BCUT2D eigenvalue weighted by Crippen LogP contribution is -2.22. The number of rotatable bonds is 5. The summed E-state index contributed by atoms with van der Waals surface area (Å²) in [6.45, 7) is -0.423. The minimum absolute atomic E-state index is 0.0529. The van der Waals surface area contributed by atoms with Gasteiger partial charge in [0.1, 0.15) is 0 Å². The average molecular weight is 373 g/mol. The Kier molecular flexibility index (Phi) is 6.28. The van der Waals surface area contributed by atoms with Gasteiger partial charge >= 0.3 is 5.97 Å². The van der Waals surface area contributed by atoms with E-state index in [4.69, 9.17) is 39.5 Å². The van der Waals surface area contributed by atoms with E-state index in [1.54, 1.807) is 42.5 Å². The number of ether oxygens (including phenoxy) is 1. The maximum Gasteiger partial charge on any atom is 0.310 e. The van der Waals surface area contributed by atoms with Crippen LogP contribution >= 0.6 is 34.8 Å². The number of hydrogen-bond acceptors (Lipinski definition) is 3. The quantitative estimate of drug-likeness (QED) is 0.793. The number of amides is 1. The van der Waals surface area contributed by atoms with Crippen LogP contribution in [-0.4, -0.2) is 18.5 Å². The molecular weight excluding hydrogens is 361 g/mol. The summed E-state index contributed by atoms with van der Waals surface area (Å²) in [5.74, 6) is -1.04. The second-order valence-corrected chi connectivity index (χ2v) is 5.86. The highest BCUT2D eigenvalue weighted by Crippen LogP contribution is 2.29. The van der Waals surface area contributed by atoms with Gasteiger partial charge in [-0.25, -0.2) is 0 Å². The van der Waals surface area contributed by atoms with Gasteiger partial charge in [-0.2, -0.15) is 0 Å². The minimum atomic E-state index is -0.524. The van der Waals surface area contributed by atoms with Gasteiger partial charge in [0.15, 0.2) is 6.61 Å². The molecule has 0 radical (unpaired) electrons. The van der Waals surface area contributed by atoms with Crippen molar-refractivity contribution in [2.45, 2.75) is 6.42 Å². The van der Waals surface area contributed by atoms with Crippen LogP contribution in [0.3, 0.4) is 0 Å². The minimum Gasteiger partial charge on any atom is -0.455 e. The second kappa shape index (κ2) is 8.20. The average Bonchev–Trinajstić information content (AvgIpc) is 2.51. The number of hydrogen-bond donors (Lipinski definition) is 1. The molecule has 2 aromatic carbocycles. The highest BCUT2D eigenvalue weighted by Gasteiger charge is 2.12. The number of halogens is 3. The van der Waals surface area contributed by atoms with Gasteiger partial charge in [-0.05, 0) is 29.8 Å². The number of para-hydroxylation sites is 1. The first kappa shape index (κ1) is 17.6. The molecule has 2 aromatic rings. The summed E-state index contributed by atoms with van der Waals surface area (Å²) in [5, 5.41) is 3.70. The van der Waals surface area contributed by atoms with Crippen molar-refractivity contribution < 1.29 is 14.3 Å². The lowest BCUT2D eigenvalue weighted by Gasteiger charge is -2.09. The Morgan fingerprint density at radius 2 is 1.57 bits per heavy atom. The van der Waals surface area contributed by atoms with Crippen molar-refractivity contribution in [2.75, 3.05) is 11.9 Å². The molecule has 0 unspecified atom stereocenters. The summed E-state index contributed by atoms with van der Waals surface area (Å²) in [5.41, 5.74) is 1.03. The number of carbonyl (C=O) groups is 2. The Morgan fingerprint density at radius 1 is 0.957 bits per heavy atom. The Balaban J connectivity index is 1.84. The molecule has 4 nitrogen and oxygen atoms in total. The zero-order chi connectivity index (χ0) is 16.8. The van der Waals surface area contributed by atoms with Gasteiger partial charge in [-0.1, -0.05) is 53.0 Å². The molecule has 0 bridgehead atoms. The van der Waals surface area contributed by atoms with Gasteiger partial charge < -0.3 is 10.1 Å². The summed E-state index contributed by atoms with van der Waals surface area (Å²) in [4.78, 5) is 23.5. The Hall–Kier alpha value is -1.75. The molecule has 0 atom stereocenters. The number of benzene rings is 2. The highest BCUT2D eigenvalue weighted by molar-refractivity contribution is 6.39. The molecule has 1 amide bonds. The molecule has 0 aromatic heterocycles. The van der Waals surface area contributed by atoms with Gasteiger partial charge in [-0.3, -0.25) is 9.59 Å². The lowest BCUT2D eigenvalue weighted by atomic mass is 10.1. The first-order valence-corrected chi connectivity index (χ1v) is 7.73. The number of anilines is 1. The lowest BCUT2D eigenvalue weighted by molar-refractivity contribution is -0.146. The largest absolute Gasteiger partial charge is 0.455 e. The Bertz CT molecular complexity index is 697. The Labute approximate surface area is 148 Å². The topological polar surface area (TPSA) is 55.4 Å². The van der Waals surface area contributed by atoms with Gasteiger partial charge in [-0.15, -0.1) is 0 Å². The highest BCUT2D eigenvalue weighted by atomic mass is 35.5. The van der Waals surface area contributed by atoms with E-state index in [-0.39, 0.29) is 12.1 Å². The molecule has 0 aliphatic heterocycles. The number of carbonyl (C=O) groups excluding carboxylic acids is 2. The first-order valence-electron chi connectivity index (χ1n) is 6.59. The van der Waals surface area contributed by atoms with Crippen molar-refractivity contribution in [3.05, 3.63) is 63.1 Å². The number of esters is 1. The van der Waals surface area contributed by atoms with E-state index in [1.807, 2.05) is 0 Å². The molecule has 0 heterocycles. The third-order valence-electron chi connectivity index (χ3n) is 2.85. The van der Waals surface area contributed by atoms with Crippen LogP contribution in [0.4, 0.5) is 5.69 Å². The van der Waals surface area contributed by atoms with E-state index in [0.29, 0.717) is 15.1 Å². The fourth-order valence-electron chi connectivity index (χ4n) is 1.76. The van der Waals surface area contributed by atoms with Crippen LogP contribution in [-0.2, 0) is 20.7 Å². The first-order chi connectivity index (χ1) is 11.0. The van der Waals surface area contributed by atoms with Crippen LogP contribution in [0, 0.1) is 0 Å². The summed E-state index contributed by atoms with van der Waals surface area (Å²) in [6, 6.07) is 11.6. The summed E-state index contributed by atoms with van der Waals surface area (Å²) < 4.78 is 4.92. The summed E-state index contributed by atoms with van der Waals surface area (Å²) in [6.07, 6.45) is 0.0529. The molecule has 0 saturated heterocycles. The van der Waals surface area contributed by atoms with E-state index in [2.05, 4.69) is 5.32 Å². The predicted molar refractivity (Wildman–Crippen MR) is 91.2 cm³/mol. The number of nitrogens with one attached hydrogen (secondary N) is 1. The van der Waals surface area contributed by atoms with Gasteiger partial charge in [0.25, 0.3) is 5.91 Å². The zero-order valence-corrected chi connectivity index (χ0v) is 14.1. The van der Waals surface area contributed by atoms with Crippen molar-refractivity contribution in [2.24, 2.45) is 0 Å². The molecule has 0 fully saturated rings. The molecular formula is C16H12Cl3NO3. The van der Waals surface area contributed by atoms with E-state index in [9.17, 15) is 9.59 Å². The fraction of sp³-hybridized carbons (Fsp3) is 0.125. The molecule has 23 heavy (non-hydrogen) atoms. The smallest absolute Gasteiger partial charge is 0.310 e. The second-order valence-electron chi connectivity index (χ2n) is 4.61.